The van der Waals surface area contributed by atoms with Crippen molar-refractivity contribution in [3.8, 4) is 0 Å². The lowest BCUT2D eigenvalue weighted by molar-refractivity contribution is 0.00578. The molecule has 108 valence electrons. The highest BCUT2D eigenvalue weighted by atomic mass is 35.5. The predicted molar refractivity (Wildman–Crippen MR) is 81.4 cm³/mol. The summed E-state index contributed by atoms with van der Waals surface area (Å²) in [4.78, 5) is 4.68. The average molecular weight is 294 g/mol. The largest absolute Gasteiger partial charge is 0.516 e. The SMILES string of the molecule is CC1(C)OB(c2nc(CC3CC3)ccc2Cl)OC1(C)C. The van der Waals surface area contributed by atoms with Gasteiger partial charge in [-0.2, -0.15) is 0 Å². The molecule has 0 spiro atoms. The Morgan fingerprint density at radius 3 is 2.35 bits per heavy atom. The maximum atomic E-state index is 6.29. The van der Waals surface area contributed by atoms with Crippen molar-refractivity contribution in [2.45, 2.75) is 58.2 Å². The van der Waals surface area contributed by atoms with Crippen LogP contribution in [0.15, 0.2) is 12.1 Å². The molecule has 2 fully saturated rings. The van der Waals surface area contributed by atoms with E-state index in [-0.39, 0.29) is 11.2 Å². The Labute approximate surface area is 126 Å². The highest BCUT2D eigenvalue weighted by Gasteiger charge is 2.53. The number of hydrogen-bond acceptors (Lipinski definition) is 3. The second kappa shape index (κ2) is 4.72. The summed E-state index contributed by atoms with van der Waals surface area (Å²) in [5, 5.41) is 0.614. The summed E-state index contributed by atoms with van der Waals surface area (Å²) in [6, 6.07) is 3.92. The van der Waals surface area contributed by atoms with E-state index in [1.54, 1.807) is 0 Å². The Balaban J connectivity index is 1.86. The fraction of sp³-hybridized carbons (Fsp3) is 0.667. The van der Waals surface area contributed by atoms with Gasteiger partial charge in [-0.3, -0.25) is 4.98 Å². The van der Waals surface area contributed by atoms with Gasteiger partial charge in [0.1, 0.15) is 0 Å². The maximum Gasteiger partial charge on any atom is 0.516 e. The lowest BCUT2D eigenvalue weighted by atomic mass is 9.84. The highest BCUT2D eigenvalue weighted by molar-refractivity contribution is 6.64. The Hall–Kier alpha value is -0.575. The van der Waals surface area contributed by atoms with Gasteiger partial charge in [0.05, 0.1) is 21.8 Å². The lowest BCUT2D eigenvalue weighted by Gasteiger charge is -2.32. The molecule has 1 saturated heterocycles. The van der Waals surface area contributed by atoms with E-state index in [2.05, 4.69) is 4.98 Å². The number of pyridine rings is 1. The van der Waals surface area contributed by atoms with Crippen LogP contribution in [0.5, 0.6) is 0 Å². The Bertz CT molecular complexity index is 513. The molecule has 1 aliphatic carbocycles. The zero-order valence-corrected chi connectivity index (χ0v) is 13.3. The zero-order valence-electron chi connectivity index (χ0n) is 12.6. The summed E-state index contributed by atoms with van der Waals surface area (Å²) >= 11 is 6.29. The molecule has 2 heterocycles. The molecule has 2 aliphatic rings. The van der Waals surface area contributed by atoms with Crippen molar-refractivity contribution in [3.05, 3.63) is 22.8 Å². The van der Waals surface area contributed by atoms with Crippen LogP contribution in [-0.2, 0) is 15.7 Å². The van der Waals surface area contributed by atoms with Gasteiger partial charge in [0.15, 0.2) is 0 Å². The summed E-state index contributed by atoms with van der Waals surface area (Å²) in [6.45, 7) is 8.15. The van der Waals surface area contributed by atoms with E-state index in [1.165, 1.54) is 12.8 Å². The van der Waals surface area contributed by atoms with Crippen molar-refractivity contribution >= 4 is 24.3 Å². The zero-order chi connectivity index (χ0) is 14.5. The van der Waals surface area contributed by atoms with E-state index in [0.717, 1.165) is 18.0 Å². The average Bonchev–Trinajstić information content (AvgIpc) is 3.10. The van der Waals surface area contributed by atoms with Crippen molar-refractivity contribution in [3.63, 3.8) is 0 Å². The van der Waals surface area contributed by atoms with E-state index in [4.69, 9.17) is 20.9 Å². The molecule has 0 bridgehead atoms. The van der Waals surface area contributed by atoms with Crippen LogP contribution in [0, 0.1) is 5.92 Å². The van der Waals surface area contributed by atoms with Gasteiger partial charge in [0.2, 0.25) is 0 Å². The summed E-state index contributed by atoms with van der Waals surface area (Å²) in [5.41, 5.74) is 1.06. The van der Waals surface area contributed by atoms with E-state index < -0.39 is 7.12 Å². The van der Waals surface area contributed by atoms with E-state index in [0.29, 0.717) is 10.6 Å². The van der Waals surface area contributed by atoms with Crippen LogP contribution in [0.2, 0.25) is 5.02 Å². The summed E-state index contributed by atoms with van der Waals surface area (Å²) < 4.78 is 12.1. The van der Waals surface area contributed by atoms with Crippen LogP contribution in [0.3, 0.4) is 0 Å². The van der Waals surface area contributed by atoms with E-state index >= 15 is 0 Å². The van der Waals surface area contributed by atoms with Gasteiger partial charge >= 0.3 is 7.12 Å². The molecule has 0 atom stereocenters. The van der Waals surface area contributed by atoms with Gasteiger partial charge in [0.25, 0.3) is 0 Å². The normalized spacial score (nSPS) is 24.1. The quantitative estimate of drug-likeness (QED) is 0.803. The first-order chi connectivity index (χ1) is 9.28. The summed E-state index contributed by atoms with van der Waals surface area (Å²) in [5.74, 6) is 0.801. The summed E-state index contributed by atoms with van der Waals surface area (Å²) in [6.07, 6.45) is 3.66. The van der Waals surface area contributed by atoms with Gasteiger partial charge < -0.3 is 9.31 Å². The topological polar surface area (TPSA) is 31.4 Å². The lowest BCUT2D eigenvalue weighted by Crippen LogP contribution is -2.41. The molecule has 0 unspecified atom stereocenters. The van der Waals surface area contributed by atoms with Crippen LogP contribution < -0.4 is 5.59 Å². The Kier molecular flexibility index (Phi) is 3.39. The standard InChI is InChI=1S/C15H21BClNO2/c1-14(2)15(3,4)20-16(19-14)13-12(17)8-7-11(18-13)9-10-5-6-10/h7-8,10H,5-6,9H2,1-4H3. The van der Waals surface area contributed by atoms with Crippen LogP contribution in [0.25, 0.3) is 0 Å². The summed E-state index contributed by atoms with van der Waals surface area (Å²) in [7, 11) is -0.480. The molecule has 3 rings (SSSR count). The molecule has 1 saturated carbocycles. The van der Waals surface area contributed by atoms with Crippen molar-refractivity contribution < 1.29 is 9.31 Å². The van der Waals surface area contributed by atoms with Crippen molar-refractivity contribution in [1.82, 2.24) is 4.98 Å². The minimum Gasteiger partial charge on any atom is -0.398 e. The molecular formula is C15H21BClNO2. The second-order valence-electron chi connectivity index (χ2n) is 6.91. The van der Waals surface area contributed by atoms with Crippen LogP contribution in [0.1, 0.15) is 46.2 Å². The smallest absolute Gasteiger partial charge is 0.398 e. The van der Waals surface area contributed by atoms with Crippen LogP contribution >= 0.6 is 11.6 Å². The van der Waals surface area contributed by atoms with Crippen molar-refractivity contribution in [2.75, 3.05) is 0 Å². The fourth-order valence-corrected chi connectivity index (χ4v) is 2.55. The van der Waals surface area contributed by atoms with Gasteiger partial charge in [-0.25, -0.2) is 0 Å². The Morgan fingerprint density at radius 2 is 1.80 bits per heavy atom. The monoisotopic (exact) mass is 293 g/mol. The molecular weight excluding hydrogens is 272 g/mol. The molecule has 0 amide bonds. The molecule has 1 aromatic rings. The molecule has 1 aromatic heterocycles. The molecule has 5 heteroatoms. The van der Waals surface area contributed by atoms with Gasteiger partial charge in [0, 0.05) is 5.69 Å². The van der Waals surface area contributed by atoms with E-state index in [1.807, 2.05) is 39.8 Å². The number of halogens is 1. The molecule has 0 N–H and O–H groups in total. The minimum absolute atomic E-state index is 0.366. The van der Waals surface area contributed by atoms with Gasteiger partial charge in [-0.1, -0.05) is 11.6 Å². The molecule has 20 heavy (non-hydrogen) atoms. The molecule has 0 radical (unpaired) electrons. The predicted octanol–water partition coefficient (Wildman–Crippen LogP) is 2.99. The third-order valence-corrected chi connectivity index (χ3v) is 4.92. The van der Waals surface area contributed by atoms with E-state index in [9.17, 15) is 0 Å². The number of nitrogens with zero attached hydrogens (tertiary/aromatic N) is 1. The first-order valence-corrected chi connectivity index (χ1v) is 7.67. The molecule has 3 nitrogen and oxygen atoms in total. The fourth-order valence-electron chi connectivity index (χ4n) is 2.35. The molecule has 1 aliphatic heterocycles. The van der Waals surface area contributed by atoms with Crippen molar-refractivity contribution in [1.29, 1.82) is 0 Å². The first-order valence-electron chi connectivity index (χ1n) is 7.29. The van der Waals surface area contributed by atoms with Gasteiger partial charge in [-0.15, -0.1) is 0 Å². The molecule has 0 aromatic carbocycles. The second-order valence-corrected chi connectivity index (χ2v) is 7.31. The van der Waals surface area contributed by atoms with Crippen LogP contribution in [-0.4, -0.2) is 23.3 Å². The Morgan fingerprint density at radius 1 is 1.20 bits per heavy atom. The number of hydrogen-bond donors (Lipinski definition) is 0. The third-order valence-electron chi connectivity index (χ3n) is 4.60. The minimum atomic E-state index is -0.480. The third kappa shape index (κ3) is 2.61. The first kappa shape index (κ1) is 14.4. The highest BCUT2D eigenvalue weighted by Crippen LogP contribution is 2.37. The number of rotatable bonds is 3. The maximum absolute atomic E-state index is 6.29. The van der Waals surface area contributed by atoms with Gasteiger partial charge in [-0.05, 0) is 65.0 Å². The van der Waals surface area contributed by atoms with Crippen LogP contribution in [0.4, 0.5) is 0 Å². The number of aromatic nitrogens is 1. The van der Waals surface area contributed by atoms with Crippen molar-refractivity contribution in [2.24, 2.45) is 5.92 Å².